The van der Waals surface area contributed by atoms with E-state index >= 15 is 0 Å². The lowest BCUT2D eigenvalue weighted by Gasteiger charge is -2.18. The number of rotatable bonds is 6. The Kier molecular flexibility index (Phi) is 5.36. The summed E-state index contributed by atoms with van der Waals surface area (Å²) in [7, 11) is 2.07. The van der Waals surface area contributed by atoms with Crippen LogP contribution in [0.2, 0.25) is 0 Å². The van der Waals surface area contributed by atoms with Crippen molar-refractivity contribution in [3.05, 3.63) is 35.4 Å². The average Bonchev–Trinajstić information content (AvgIpc) is 2.26. The summed E-state index contributed by atoms with van der Waals surface area (Å²) >= 11 is 0. The third kappa shape index (κ3) is 5.14. The number of benzene rings is 1. The first-order chi connectivity index (χ1) is 7.99. The molecule has 0 fully saturated rings. The lowest BCUT2D eigenvalue weighted by Crippen LogP contribution is -2.25. The minimum atomic E-state index is 0.237. The molecule has 0 aliphatic rings. The summed E-state index contributed by atoms with van der Waals surface area (Å²) in [5.74, 6) is 0.884. The number of aryl methyl sites for hydroxylation is 1. The maximum Gasteiger partial charge on any atom is 0.164 e. The van der Waals surface area contributed by atoms with Gasteiger partial charge in [-0.15, -0.1) is 0 Å². The van der Waals surface area contributed by atoms with Crippen LogP contribution in [0.1, 0.15) is 36.2 Å². The summed E-state index contributed by atoms with van der Waals surface area (Å²) in [5.41, 5.74) is 2.02. The first-order valence-corrected chi connectivity index (χ1v) is 6.27. The van der Waals surface area contributed by atoms with Crippen LogP contribution in [0, 0.1) is 12.8 Å². The quantitative estimate of drug-likeness (QED) is 0.703. The van der Waals surface area contributed by atoms with E-state index in [2.05, 4.69) is 25.8 Å². The fraction of sp³-hybridized carbons (Fsp3) is 0.533. The Balaban J connectivity index is 2.42. The van der Waals surface area contributed by atoms with Crippen molar-refractivity contribution in [3.63, 3.8) is 0 Å². The van der Waals surface area contributed by atoms with Gasteiger partial charge in [-0.2, -0.15) is 0 Å². The molecule has 0 aromatic heterocycles. The topological polar surface area (TPSA) is 20.3 Å². The molecule has 0 aliphatic heterocycles. The number of nitrogens with zero attached hydrogens (tertiary/aromatic N) is 1. The first-order valence-electron chi connectivity index (χ1n) is 6.27. The van der Waals surface area contributed by atoms with Gasteiger partial charge in [-0.3, -0.25) is 4.79 Å². The van der Waals surface area contributed by atoms with E-state index in [1.54, 1.807) is 0 Å². The smallest absolute Gasteiger partial charge is 0.164 e. The van der Waals surface area contributed by atoms with Crippen molar-refractivity contribution >= 4 is 5.78 Å². The van der Waals surface area contributed by atoms with E-state index < -0.39 is 0 Å². The third-order valence-electron chi connectivity index (χ3n) is 2.77. The molecule has 0 saturated carbocycles. The van der Waals surface area contributed by atoms with Crippen molar-refractivity contribution in [3.8, 4) is 0 Å². The summed E-state index contributed by atoms with van der Waals surface area (Å²) in [6.45, 7) is 8.30. The molecule has 1 aromatic carbocycles. The van der Waals surface area contributed by atoms with Gasteiger partial charge in [0.2, 0.25) is 0 Å². The second-order valence-electron chi connectivity index (χ2n) is 5.20. The molecule has 2 nitrogen and oxygen atoms in total. The van der Waals surface area contributed by atoms with Crippen molar-refractivity contribution in [2.45, 2.75) is 27.2 Å². The maximum atomic E-state index is 11.9. The van der Waals surface area contributed by atoms with Gasteiger partial charge in [-0.25, -0.2) is 0 Å². The van der Waals surface area contributed by atoms with Gasteiger partial charge in [0, 0.05) is 25.1 Å². The molecular formula is C15H23NO. The van der Waals surface area contributed by atoms with Crippen LogP contribution in [-0.2, 0) is 0 Å². The molecule has 0 unspecified atom stereocenters. The van der Waals surface area contributed by atoms with Gasteiger partial charge >= 0.3 is 0 Å². The molecule has 0 heterocycles. The van der Waals surface area contributed by atoms with Crippen LogP contribution in [0.5, 0.6) is 0 Å². The highest BCUT2D eigenvalue weighted by atomic mass is 16.1. The summed E-state index contributed by atoms with van der Waals surface area (Å²) in [5, 5.41) is 0. The van der Waals surface area contributed by atoms with Crippen LogP contribution in [0.3, 0.4) is 0 Å². The molecular weight excluding hydrogens is 210 g/mol. The fourth-order valence-corrected chi connectivity index (χ4v) is 1.89. The standard InChI is InChI=1S/C15H23NO/c1-12(2)11-16(4)10-9-15(17)14-7-5-13(3)6-8-14/h5-8,12H,9-11H2,1-4H3. The summed E-state index contributed by atoms with van der Waals surface area (Å²) in [4.78, 5) is 14.1. The zero-order valence-corrected chi connectivity index (χ0v) is 11.4. The van der Waals surface area contributed by atoms with Crippen LogP contribution in [0.4, 0.5) is 0 Å². The highest BCUT2D eigenvalue weighted by Gasteiger charge is 2.08. The number of hydrogen-bond donors (Lipinski definition) is 0. The molecule has 1 aromatic rings. The van der Waals surface area contributed by atoms with Gasteiger partial charge in [-0.05, 0) is 19.9 Å². The zero-order chi connectivity index (χ0) is 12.8. The zero-order valence-electron chi connectivity index (χ0n) is 11.4. The molecule has 0 atom stereocenters. The third-order valence-corrected chi connectivity index (χ3v) is 2.77. The Bertz CT molecular complexity index is 354. The summed E-state index contributed by atoms with van der Waals surface area (Å²) in [6, 6.07) is 7.82. The molecule has 17 heavy (non-hydrogen) atoms. The Morgan fingerprint density at radius 2 is 1.82 bits per heavy atom. The SMILES string of the molecule is Cc1ccc(C(=O)CCN(C)CC(C)C)cc1. The molecule has 0 spiro atoms. The van der Waals surface area contributed by atoms with E-state index in [9.17, 15) is 4.79 Å². The van der Waals surface area contributed by atoms with Crippen molar-refractivity contribution < 1.29 is 4.79 Å². The number of carbonyl (C=O) groups is 1. The van der Waals surface area contributed by atoms with Crippen molar-refractivity contribution in [2.24, 2.45) is 5.92 Å². The first kappa shape index (κ1) is 13.9. The summed E-state index contributed by atoms with van der Waals surface area (Å²) < 4.78 is 0. The predicted molar refractivity (Wildman–Crippen MR) is 72.5 cm³/mol. The number of hydrogen-bond acceptors (Lipinski definition) is 2. The summed E-state index contributed by atoms with van der Waals surface area (Å²) in [6.07, 6.45) is 0.603. The van der Waals surface area contributed by atoms with Crippen LogP contribution in [0.25, 0.3) is 0 Å². The average molecular weight is 233 g/mol. The molecule has 0 N–H and O–H groups in total. The van der Waals surface area contributed by atoms with E-state index in [-0.39, 0.29) is 5.78 Å². The van der Waals surface area contributed by atoms with E-state index in [1.165, 1.54) is 5.56 Å². The van der Waals surface area contributed by atoms with Gasteiger partial charge in [-0.1, -0.05) is 43.7 Å². The minimum absolute atomic E-state index is 0.237. The fourth-order valence-electron chi connectivity index (χ4n) is 1.89. The Hall–Kier alpha value is -1.15. The number of ketones is 1. The Morgan fingerprint density at radius 1 is 1.24 bits per heavy atom. The van der Waals surface area contributed by atoms with Gasteiger partial charge in [0.05, 0.1) is 0 Å². The number of Topliss-reactive ketones (excluding diaryl/α,β-unsaturated/α-hetero) is 1. The van der Waals surface area contributed by atoms with Crippen LogP contribution < -0.4 is 0 Å². The van der Waals surface area contributed by atoms with Gasteiger partial charge in [0.25, 0.3) is 0 Å². The molecule has 0 radical (unpaired) electrons. The second kappa shape index (κ2) is 6.55. The molecule has 0 amide bonds. The highest BCUT2D eigenvalue weighted by Crippen LogP contribution is 2.07. The lowest BCUT2D eigenvalue weighted by molar-refractivity contribution is 0.0967. The minimum Gasteiger partial charge on any atom is -0.306 e. The van der Waals surface area contributed by atoms with Crippen LogP contribution in [-0.4, -0.2) is 30.8 Å². The van der Waals surface area contributed by atoms with Crippen LogP contribution >= 0.6 is 0 Å². The van der Waals surface area contributed by atoms with E-state index in [1.807, 2.05) is 31.2 Å². The predicted octanol–water partition coefficient (Wildman–Crippen LogP) is 3.16. The van der Waals surface area contributed by atoms with Gasteiger partial charge < -0.3 is 4.90 Å². The normalized spacial score (nSPS) is 11.2. The largest absolute Gasteiger partial charge is 0.306 e. The number of carbonyl (C=O) groups excluding carboxylic acids is 1. The van der Waals surface area contributed by atoms with Crippen molar-refractivity contribution in [1.29, 1.82) is 0 Å². The molecule has 1 rings (SSSR count). The van der Waals surface area contributed by atoms with E-state index in [4.69, 9.17) is 0 Å². The highest BCUT2D eigenvalue weighted by molar-refractivity contribution is 5.96. The Morgan fingerprint density at radius 3 is 2.35 bits per heavy atom. The Labute approximate surface area is 105 Å². The molecule has 94 valence electrons. The monoisotopic (exact) mass is 233 g/mol. The second-order valence-corrected chi connectivity index (χ2v) is 5.20. The molecule has 0 aliphatic carbocycles. The molecule has 0 saturated heterocycles. The van der Waals surface area contributed by atoms with E-state index in [0.717, 1.165) is 18.7 Å². The maximum absolute atomic E-state index is 11.9. The van der Waals surface area contributed by atoms with Crippen LogP contribution in [0.15, 0.2) is 24.3 Å². The van der Waals surface area contributed by atoms with Crippen molar-refractivity contribution in [2.75, 3.05) is 20.1 Å². The van der Waals surface area contributed by atoms with E-state index in [0.29, 0.717) is 12.3 Å². The van der Waals surface area contributed by atoms with Crippen molar-refractivity contribution in [1.82, 2.24) is 4.90 Å². The van der Waals surface area contributed by atoms with Gasteiger partial charge in [0.1, 0.15) is 0 Å². The lowest BCUT2D eigenvalue weighted by atomic mass is 10.1. The molecule has 0 bridgehead atoms. The molecule has 2 heteroatoms. The van der Waals surface area contributed by atoms with Gasteiger partial charge in [0.15, 0.2) is 5.78 Å².